The van der Waals surface area contributed by atoms with E-state index in [2.05, 4.69) is 37.4 Å². The zero-order chi connectivity index (χ0) is 24.1. The van der Waals surface area contributed by atoms with Crippen molar-refractivity contribution >= 4 is 23.2 Å². The first-order valence-electron chi connectivity index (χ1n) is 11.8. The maximum atomic E-state index is 13.5. The van der Waals surface area contributed by atoms with Gasteiger partial charge in [0.1, 0.15) is 24.7 Å². The van der Waals surface area contributed by atoms with Crippen LogP contribution in [0.4, 0.5) is 0 Å². The molecule has 0 unspecified atom stereocenters. The van der Waals surface area contributed by atoms with E-state index >= 15 is 0 Å². The number of rotatable bonds is 9. The number of thiophene rings is 1. The summed E-state index contributed by atoms with van der Waals surface area (Å²) in [5.41, 5.74) is 2.40. The first-order valence-corrected chi connectivity index (χ1v) is 12.7. The molecule has 1 aliphatic heterocycles. The van der Waals surface area contributed by atoms with Crippen LogP contribution < -0.4 is 4.74 Å². The lowest BCUT2D eigenvalue weighted by molar-refractivity contribution is -0.143. The quantitative estimate of drug-likeness (QED) is 0.411. The molecular weight excluding hydrogens is 448 g/mol. The van der Waals surface area contributed by atoms with E-state index in [1.165, 1.54) is 10.4 Å². The van der Waals surface area contributed by atoms with E-state index in [1.54, 1.807) is 28.6 Å². The normalized spacial score (nSPS) is 15.3. The second kappa shape index (κ2) is 10.9. The Bertz CT molecular complexity index is 1090. The minimum absolute atomic E-state index is 0.0203. The van der Waals surface area contributed by atoms with Crippen LogP contribution in [0.15, 0.2) is 58.5 Å². The molecular formula is C27H32N2O4S. The van der Waals surface area contributed by atoms with Gasteiger partial charge in [-0.2, -0.15) is 0 Å². The van der Waals surface area contributed by atoms with Crippen LogP contribution in [0.5, 0.6) is 5.75 Å². The molecule has 1 aromatic carbocycles. The van der Waals surface area contributed by atoms with Crippen molar-refractivity contribution in [3.8, 4) is 5.75 Å². The van der Waals surface area contributed by atoms with Gasteiger partial charge in [-0.15, -0.1) is 11.3 Å². The monoisotopic (exact) mass is 480 g/mol. The van der Waals surface area contributed by atoms with E-state index < -0.39 is 0 Å². The second-order valence-corrected chi connectivity index (χ2v) is 9.87. The van der Waals surface area contributed by atoms with Crippen LogP contribution in [-0.4, -0.2) is 41.3 Å². The predicted molar refractivity (Wildman–Crippen MR) is 133 cm³/mol. The van der Waals surface area contributed by atoms with Gasteiger partial charge in [0.15, 0.2) is 0 Å². The van der Waals surface area contributed by atoms with Crippen molar-refractivity contribution in [2.45, 2.75) is 52.1 Å². The first-order chi connectivity index (χ1) is 16.5. The van der Waals surface area contributed by atoms with Crippen LogP contribution in [0.2, 0.25) is 0 Å². The summed E-state index contributed by atoms with van der Waals surface area (Å²) in [5, 5.41) is 2.08. The molecule has 3 aromatic rings. The van der Waals surface area contributed by atoms with E-state index in [9.17, 15) is 9.59 Å². The zero-order valence-corrected chi connectivity index (χ0v) is 20.8. The molecule has 3 heterocycles. The summed E-state index contributed by atoms with van der Waals surface area (Å²) in [7, 11) is 0. The Kier molecular flexibility index (Phi) is 7.73. The van der Waals surface area contributed by atoms with E-state index in [1.807, 2.05) is 30.0 Å². The highest BCUT2D eigenvalue weighted by atomic mass is 32.1. The summed E-state index contributed by atoms with van der Waals surface area (Å²) >= 11 is 1.72. The van der Waals surface area contributed by atoms with E-state index in [0.29, 0.717) is 31.3 Å². The van der Waals surface area contributed by atoms with E-state index in [0.717, 1.165) is 17.7 Å². The Morgan fingerprint density at radius 2 is 2.00 bits per heavy atom. The summed E-state index contributed by atoms with van der Waals surface area (Å²) in [6, 6.07) is 13.7. The summed E-state index contributed by atoms with van der Waals surface area (Å²) in [4.78, 5) is 30.8. The fourth-order valence-corrected chi connectivity index (χ4v) is 5.23. The smallest absolute Gasteiger partial charge is 0.242 e. The van der Waals surface area contributed by atoms with Crippen molar-refractivity contribution in [1.29, 1.82) is 0 Å². The Labute approximate surface area is 205 Å². The molecule has 0 bridgehead atoms. The summed E-state index contributed by atoms with van der Waals surface area (Å²) < 4.78 is 11.6. The van der Waals surface area contributed by atoms with Crippen molar-refractivity contribution in [3.05, 3.63) is 75.9 Å². The molecule has 0 fully saturated rings. The van der Waals surface area contributed by atoms with Crippen molar-refractivity contribution in [2.75, 3.05) is 19.7 Å². The number of hydrogen-bond donors (Lipinski definition) is 0. The third kappa shape index (κ3) is 5.53. The average Bonchev–Trinajstić information content (AvgIpc) is 3.53. The van der Waals surface area contributed by atoms with Gasteiger partial charge in [-0.05, 0) is 59.2 Å². The maximum Gasteiger partial charge on any atom is 0.242 e. The lowest BCUT2D eigenvalue weighted by atomic mass is 10.00. The van der Waals surface area contributed by atoms with Gasteiger partial charge < -0.3 is 19.0 Å². The third-order valence-electron chi connectivity index (χ3n) is 6.28. The van der Waals surface area contributed by atoms with Crippen LogP contribution in [0.1, 0.15) is 60.9 Å². The average molecular weight is 481 g/mol. The lowest BCUT2D eigenvalue weighted by Gasteiger charge is -2.37. The summed E-state index contributed by atoms with van der Waals surface area (Å²) in [5.74, 6) is 1.77. The topological polar surface area (TPSA) is 63.0 Å². The molecule has 0 spiro atoms. The third-order valence-corrected chi connectivity index (χ3v) is 7.27. The van der Waals surface area contributed by atoms with Crippen LogP contribution >= 0.6 is 11.3 Å². The largest absolute Gasteiger partial charge is 0.491 e. The molecule has 34 heavy (non-hydrogen) atoms. The number of ether oxygens (including phenoxy) is 1. The Morgan fingerprint density at radius 1 is 1.21 bits per heavy atom. The second-order valence-electron chi connectivity index (χ2n) is 8.87. The number of nitrogens with zero attached hydrogens (tertiary/aromatic N) is 2. The van der Waals surface area contributed by atoms with E-state index in [4.69, 9.17) is 9.15 Å². The Morgan fingerprint density at radius 3 is 2.68 bits per heavy atom. The van der Waals surface area contributed by atoms with Gasteiger partial charge in [0.2, 0.25) is 11.8 Å². The van der Waals surface area contributed by atoms with E-state index in [-0.39, 0.29) is 30.9 Å². The van der Waals surface area contributed by atoms with Gasteiger partial charge in [0, 0.05) is 17.8 Å². The van der Waals surface area contributed by atoms with Crippen molar-refractivity contribution < 1.29 is 18.7 Å². The lowest BCUT2D eigenvalue weighted by Crippen LogP contribution is -2.47. The number of amides is 2. The van der Waals surface area contributed by atoms with Crippen molar-refractivity contribution in [1.82, 2.24) is 9.80 Å². The van der Waals surface area contributed by atoms with Crippen molar-refractivity contribution in [3.63, 3.8) is 0 Å². The Balaban J connectivity index is 1.49. The summed E-state index contributed by atoms with van der Waals surface area (Å²) in [6.45, 7) is 7.42. The minimum atomic E-state index is -0.186. The molecule has 0 saturated carbocycles. The van der Waals surface area contributed by atoms with Gasteiger partial charge in [-0.25, -0.2) is 0 Å². The van der Waals surface area contributed by atoms with Crippen LogP contribution in [0, 0.1) is 0 Å². The molecule has 0 saturated heterocycles. The number of furan rings is 1. The highest BCUT2D eigenvalue weighted by Gasteiger charge is 2.33. The molecule has 1 aliphatic rings. The number of benzene rings is 1. The molecule has 0 N–H and O–H groups in total. The number of hydrogen-bond acceptors (Lipinski definition) is 5. The molecule has 6 nitrogen and oxygen atoms in total. The predicted octanol–water partition coefficient (Wildman–Crippen LogP) is 5.41. The van der Waals surface area contributed by atoms with Gasteiger partial charge in [0.05, 0.1) is 18.8 Å². The highest BCUT2D eigenvalue weighted by Crippen LogP contribution is 2.34. The van der Waals surface area contributed by atoms with Crippen LogP contribution in [0.3, 0.4) is 0 Å². The number of carbonyl (C=O) groups excluding carboxylic acids is 2. The maximum absolute atomic E-state index is 13.5. The molecule has 1 atom stereocenters. The Hall–Kier alpha value is -3.06. The fourth-order valence-electron chi connectivity index (χ4n) is 4.30. The molecule has 0 radical (unpaired) electrons. The minimum Gasteiger partial charge on any atom is -0.491 e. The first kappa shape index (κ1) is 24.1. The molecule has 2 amide bonds. The van der Waals surface area contributed by atoms with Gasteiger partial charge >= 0.3 is 0 Å². The standard InChI is InChI=1S/C27H32N2O4S/c1-4-26(30)28(16-22-6-5-14-32-22)17-27(31)29-13-11-25-23(12-15-34-25)24(29)18-33-21-9-7-20(8-10-21)19(2)3/h5-10,12,14-15,19,24H,4,11,13,16-18H2,1-3H3/t24-/m0/s1. The molecule has 0 aliphatic carbocycles. The number of fused-ring (bicyclic) bond motifs is 1. The molecule has 7 heteroatoms. The highest BCUT2D eigenvalue weighted by molar-refractivity contribution is 7.10. The molecule has 180 valence electrons. The van der Waals surface area contributed by atoms with Crippen LogP contribution in [0.25, 0.3) is 0 Å². The zero-order valence-electron chi connectivity index (χ0n) is 20.0. The number of carbonyl (C=O) groups is 2. The molecule has 2 aromatic heterocycles. The van der Waals surface area contributed by atoms with Gasteiger partial charge in [-0.1, -0.05) is 32.9 Å². The molecule has 4 rings (SSSR count). The van der Waals surface area contributed by atoms with Gasteiger partial charge in [-0.3, -0.25) is 9.59 Å². The fraction of sp³-hybridized carbons (Fsp3) is 0.407. The van der Waals surface area contributed by atoms with Gasteiger partial charge in [0.25, 0.3) is 0 Å². The SMILES string of the molecule is CCC(=O)N(CC(=O)N1CCc2sccc2[C@@H]1COc1ccc(C(C)C)cc1)Cc1ccco1. The van der Waals surface area contributed by atoms with Crippen molar-refractivity contribution in [2.24, 2.45) is 0 Å². The summed E-state index contributed by atoms with van der Waals surface area (Å²) in [6.07, 6.45) is 2.73. The van der Waals surface area contributed by atoms with Crippen LogP contribution in [-0.2, 0) is 22.6 Å².